The number of aromatic nitrogens is 1. The molecule has 2 fully saturated rings. The summed E-state index contributed by atoms with van der Waals surface area (Å²) < 4.78 is 39.8. The lowest BCUT2D eigenvalue weighted by Gasteiger charge is -2.29. The maximum atomic E-state index is 13.9. The Morgan fingerprint density at radius 3 is 2.52 bits per heavy atom. The minimum atomic E-state index is -4.65. The van der Waals surface area contributed by atoms with E-state index in [1.807, 2.05) is 34.1 Å². The highest BCUT2D eigenvalue weighted by atomic mass is 19.4. The van der Waals surface area contributed by atoms with Crippen LogP contribution in [0.1, 0.15) is 47.2 Å². The summed E-state index contributed by atoms with van der Waals surface area (Å²) in [5.41, 5.74) is 16.2. The van der Waals surface area contributed by atoms with Crippen LogP contribution in [0.3, 0.4) is 0 Å². The number of carbonyl (C=O) groups is 2. The van der Waals surface area contributed by atoms with E-state index in [9.17, 15) is 22.8 Å². The van der Waals surface area contributed by atoms with Crippen molar-refractivity contribution in [1.82, 2.24) is 20.1 Å². The smallest absolute Gasteiger partial charge is 0.398 e. The first-order valence-electron chi connectivity index (χ1n) is 16.3. The number of benzene rings is 2. The van der Waals surface area contributed by atoms with Crippen LogP contribution in [0.4, 0.5) is 24.5 Å². The van der Waals surface area contributed by atoms with E-state index < -0.39 is 17.3 Å². The van der Waals surface area contributed by atoms with E-state index in [4.69, 9.17) is 16.7 Å². The number of amides is 2. The predicted octanol–water partition coefficient (Wildman–Crippen LogP) is 5.39. The van der Waals surface area contributed by atoms with E-state index >= 15 is 0 Å². The molecule has 3 aliphatic rings. The van der Waals surface area contributed by atoms with Crippen LogP contribution in [0.15, 0.2) is 78.2 Å². The quantitative estimate of drug-likeness (QED) is 0.135. The molecule has 0 bridgehead atoms. The Labute approximate surface area is 287 Å². The number of hydrogen-bond acceptors (Lipinski definition) is 9. The summed E-state index contributed by atoms with van der Waals surface area (Å²) in [6, 6.07) is 14.8. The van der Waals surface area contributed by atoms with Gasteiger partial charge in [0.1, 0.15) is 11.4 Å². The molecule has 0 saturated carbocycles. The van der Waals surface area contributed by atoms with Crippen LogP contribution in [-0.4, -0.2) is 78.6 Å². The van der Waals surface area contributed by atoms with Crippen molar-refractivity contribution in [2.45, 2.75) is 25.4 Å². The van der Waals surface area contributed by atoms with E-state index in [2.05, 4.69) is 21.5 Å². The van der Waals surface area contributed by atoms with Gasteiger partial charge in [-0.3, -0.25) is 24.9 Å². The second-order valence-corrected chi connectivity index (χ2v) is 12.8. The summed E-state index contributed by atoms with van der Waals surface area (Å²) in [4.78, 5) is 36.1. The molecule has 260 valence electrons. The van der Waals surface area contributed by atoms with Crippen molar-refractivity contribution in [2.24, 2.45) is 10.5 Å². The number of carbonyl (C=O) groups excluding carboxylic acids is 2. The SMILES string of the molecule is CN/C=C(\N=N)c1ccc(C2=CCN(C(=O)CN3CC[C@]4(CCN(c5ccc(N)c(C(=N)c6ccnc(C(F)(F)F)c6)c5)C4=O)C3)CC2)cc1. The lowest BCUT2D eigenvalue weighted by atomic mass is 9.85. The summed E-state index contributed by atoms with van der Waals surface area (Å²) in [5.74, 6) is -0.0557. The highest BCUT2D eigenvalue weighted by Gasteiger charge is 2.51. The molecule has 11 nitrogen and oxygen atoms in total. The lowest BCUT2D eigenvalue weighted by molar-refractivity contribution is -0.141. The third-order valence-corrected chi connectivity index (χ3v) is 9.78. The second kappa shape index (κ2) is 13.9. The van der Waals surface area contributed by atoms with Crippen LogP contribution in [-0.2, 0) is 15.8 Å². The zero-order valence-corrected chi connectivity index (χ0v) is 27.6. The Kier molecular flexibility index (Phi) is 9.56. The Morgan fingerprint density at radius 2 is 1.84 bits per heavy atom. The standard InChI is InChI=1S/C36H38F3N9O2/c1-43-20-30(45-42)25-4-2-23(3-5-25)24-9-14-47(15-10-24)32(49)21-46-16-11-35(22-46)12-17-48(34(35)50)27-6-7-29(40)28(19-27)33(41)26-8-13-44-31(18-26)36(37,38)39/h2-9,13,18-20,41-43H,10-12,14-17,21-22,40H2,1H3/b30-20-,41-33?,45-42?/t35-/m0/s1. The van der Waals surface area contributed by atoms with Crippen LogP contribution in [0, 0.1) is 16.4 Å². The number of rotatable bonds is 9. The number of halogens is 3. The monoisotopic (exact) mass is 685 g/mol. The summed E-state index contributed by atoms with van der Waals surface area (Å²) in [5, 5.41) is 15.1. The van der Waals surface area contributed by atoms with E-state index in [1.165, 1.54) is 6.07 Å². The van der Waals surface area contributed by atoms with Crippen molar-refractivity contribution >= 4 is 40.2 Å². The van der Waals surface area contributed by atoms with Gasteiger partial charge in [0.05, 0.1) is 17.7 Å². The molecule has 1 aromatic heterocycles. The Bertz CT molecular complexity index is 1890. The molecular formula is C36H38F3N9O2. The van der Waals surface area contributed by atoms with E-state index in [-0.39, 0.29) is 40.9 Å². The van der Waals surface area contributed by atoms with Gasteiger partial charge in [0.25, 0.3) is 0 Å². The van der Waals surface area contributed by atoms with E-state index in [1.54, 1.807) is 36.3 Å². The molecule has 1 atom stereocenters. The molecule has 14 heteroatoms. The van der Waals surface area contributed by atoms with Crippen LogP contribution in [0.5, 0.6) is 0 Å². The molecule has 3 aliphatic heterocycles. The maximum absolute atomic E-state index is 13.9. The van der Waals surface area contributed by atoms with Gasteiger partial charge in [0.15, 0.2) is 0 Å². The lowest BCUT2D eigenvalue weighted by Crippen LogP contribution is -2.43. The number of hydrogen-bond donors (Lipinski definition) is 4. The predicted molar refractivity (Wildman–Crippen MR) is 184 cm³/mol. The Balaban J connectivity index is 1.07. The average Bonchev–Trinajstić information content (AvgIpc) is 3.68. The molecule has 2 aromatic carbocycles. The molecular weight excluding hydrogens is 647 g/mol. The minimum absolute atomic E-state index is 0.0139. The van der Waals surface area contributed by atoms with Crippen LogP contribution < -0.4 is 16.0 Å². The van der Waals surface area contributed by atoms with Gasteiger partial charge >= 0.3 is 6.18 Å². The number of nitrogen functional groups attached to an aromatic ring is 1. The summed E-state index contributed by atoms with van der Waals surface area (Å²) in [7, 11) is 1.76. The molecule has 2 amide bonds. The van der Waals surface area contributed by atoms with Gasteiger partial charge < -0.3 is 20.9 Å². The fraction of sp³-hybridized carbons (Fsp3) is 0.333. The first-order chi connectivity index (χ1) is 23.9. The average molecular weight is 686 g/mol. The summed E-state index contributed by atoms with van der Waals surface area (Å²) in [6.45, 7) is 2.83. The second-order valence-electron chi connectivity index (χ2n) is 12.8. The van der Waals surface area contributed by atoms with Crippen molar-refractivity contribution in [1.29, 1.82) is 10.9 Å². The number of nitrogens with one attached hydrogen (secondary N) is 3. The topological polar surface area (TPSA) is 155 Å². The van der Waals surface area contributed by atoms with Gasteiger partial charge in [-0.1, -0.05) is 30.3 Å². The molecule has 3 aromatic rings. The number of anilines is 2. The van der Waals surface area contributed by atoms with Crippen LogP contribution in [0.25, 0.3) is 11.3 Å². The molecule has 1 spiro atoms. The molecule has 50 heavy (non-hydrogen) atoms. The number of nitrogens with zero attached hydrogens (tertiary/aromatic N) is 5. The van der Waals surface area contributed by atoms with Crippen molar-refractivity contribution in [3.05, 3.63) is 101 Å². The van der Waals surface area contributed by atoms with Crippen molar-refractivity contribution in [3.63, 3.8) is 0 Å². The van der Waals surface area contributed by atoms with Gasteiger partial charge in [-0.05, 0) is 67.3 Å². The summed E-state index contributed by atoms with van der Waals surface area (Å²) in [6.07, 6.45) is 2.03. The molecule has 0 aliphatic carbocycles. The van der Waals surface area contributed by atoms with Gasteiger partial charge in [-0.25, -0.2) is 5.53 Å². The Morgan fingerprint density at radius 1 is 1.08 bits per heavy atom. The van der Waals surface area contributed by atoms with Crippen LogP contribution >= 0.6 is 0 Å². The molecule has 2 saturated heterocycles. The van der Waals surface area contributed by atoms with Crippen LogP contribution in [0.2, 0.25) is 0 Å². The number of alkyl halides is 3. The van der Waals surface area contributed by atoms with Gasteiger partial charge in [-0.2, -0.15) is 18.3 Å². The molecule has 0 unspecified atom stereocenters. The van der Waals surface area contributed by atoms with Crippen molar-refractivity contribution in [3.8, 4) is 0 Å². The Hall–Kier alpha value is -5.37. The first-order valence-corrected chi connectivity index (χ1v) is 16.3. The maximum Gasteiger partial charge on any atom is 0.433 e. The summed E-state index contributed by atoms with van der Waals surface area (Å²) >= 11 is 0. The molecule has 4 heterocycles. The number of likely N-dealkylation sites (tertiary alicyclic amines) is 1. The van der Waals surface area contributed by atoms with Crippen molar-refractivity contribution in [2.75, 3.05) is 56.9 Å². The van der Waals surface area contributed by atoms with Gasteiger partial charge in [-0.15, -0.1) is 0 Å². The normalized spacial score (nSPS) is 20.0. The highest BCUT2D eigenvalue weighted by Crippen LogP contribution is 2.43. The third kappa shape index (κ3) is 6.88. The van der Waals surface area contributed by atoms with Gasteiger partial charge in [0, 0.05) is 73.7 Å². The molecule has 6 rings (SSSR count). The number of nitrogens with two attached hydrogens (primary N) is 1. The minimum Gasteiger partial charge on any atom is -0.398 e. The van der Waals surface area contributed by atoms with E-state index in [0.717, 1.165) is 35.4 Å². The fourth-order valence-electron chi connectivity index (χ4n) is 6.99. The van der Waals surface area contributed by atoms with E-state index in [0.29, 0.717) is 56.9 Å². The fourth-order valence-corrected chi connectivity index (χ4v) is 6.99. The van der Waals surface area contributed by atoms with Gasteiger partial charge in [0.2, 0.25) is 11.8 Å². The third-order valence-electron chi connectivity index (χ3n) is 9.78. The highest BCUT2D eigenvalue weighted by molar-refractivity contribution is 6.14. The molecule has 5 N–H and O–H groups in total. The zero-order chi connectivity index (χ0) is 35.6. The zero-order valence-electron chi connectivity index (χ0n) is 27.6. The number of pyridine rings is 1. The largest absolute Gasteiger partial charge is 0.433 e. The van der Waals surface area contributed by atoms with Crippen molar-refractivity contribution < 1.29 is 22.8 Å². The molecule has 0 radical (unpaired) electrons. The first kappa shape index (κ1) is 34.5.